The molecule has 0 fully saturated rings. The predicted molar refractivity (Wildman–Crippen MR) is 75.1 cm³/mol. The number of esters is 2. The first-order chi connectivity index (χ1) is 8.67. The van der Waals surface area contributed by atoms with E-state index in [0.29, 0.717) is 0 Å². The lowest BCUT2D eigenvalue weighted by molar-refractivity contribution is -0.157. The van der Waals surface area contributed by atoms with Crippen molar-refractivity contribution in [3.63, 3.8) is 0 Å². The standard InChI is InChI=1S/2C7H14O3/c2*1-5(7(3,4)9)10-6(2)8/h2*5,9H,1-4H3/t2*5-/m10/s1. The molecule has 0 unspecified atom stereocenters. The van der Waals surface area contributed by atoms with Gasteiger partial charge in [-0.25, -0.2) is 0 Å². The van der Waals surface area contributed by atoms with E-state index < -0.39 is 23.4 Å². The zero-order chi connectivity index (χ0) is 16.7. The van der Waals surface area contributed by atoms with Crippen LogP contribution in [-0.2, 0) is 19.1 Å². The van der Waals surface area contributed by atoms with E-state index in [0.717, 1.165) is 0 Å². The first-order valence-corrected chi connectivity index (χ1v) is 6.47. The molecule has 0 heterocycles. The highest BCUT2D eigenvalue weighted by Crippen LogP contribution is 2.11. The number of rotatable bonds is 4. The van der Waals surface area contributed by atoms with Gasteiger partial charge in [-0.2, -0.15) is 0 Å². The first-order valence-electron chi connectivity index (χ1n) is 6.47. The van der Waals surface area contributed by atoms with Gasteiger partial charge in [-0.3, -0.25) is 9.59 Å². The molecule has 6 nitrogen and oxygen atoms in total. The smallest absolute Gasteiger partial charge is 0.302 e. The van der Waals surface area contributed by atoms with Crippen molar-refractivity contribution in [3.05, 3.63) is 0 Å². The molecule has 0 aromatic rings. The fourth-order valence-corrected chi connectivity index (χ4v) is 0.786. The summed E-state index contributed by atoms with van der Waals surface area (Å²) in [4.78, 5) is 20.7. The van der Waals surface area contributed by atoms with Crippen LogP contribution >= 0.6 is 0 Å². The highest BCUT2D eigenvalue weighted by atomic mass is 16.6. The SMILES string of the molecule is CC(=O)O[C@@H](C)C(C)(C)O.CC(=O)O[C@H](C)C(C)(C)O. The van der Waals surface area contributed by atoms with Crippen LogP contribution in [0, 0.1) is 0 Å². The van der Waals surface area contributed by atoms with E-state index in [-0.39, 0.29) is 11.9 Å². The quantitative estimate of drug-likeness (QED) is 0.761. The summed E-state index contributed by atoms with van der Waals surface area (Å²) < 4.78 is 9.45. The summed E-state index contributed by atoms with van der Waals surface area (Å²) in [5.41, 5.74) is -1.91. The third-order valence-corrected chi connectivity index (χ3v) is 2.68. The minimum atomic E-state index is -0.953. The zero-order valence-electron chi connectivity index (χ0n) is 13.7. The Bertz CT molecular complexity index is 279. The van der Waals surface area contributed by atoms with Crippen LogP contribution in [0.1, 0.15) is 55.4 Å². The van der Waals surface area contributed by atoms with E-state index in [4.69, 9.17) is 9.47 Å². The maximum absolute atomic E-state index is 10.4. The monoisotopic (exact) mass is 292 g/mol. The van der Waals surface area contributed by atoms with Gasteiger partial charge in [0, 0.05) is 13.8 Å². The van der Waals surface area contributed by atoms with Crippen LogP contribution in [0.15, 0.2) is 0 Å². The fourth-order valence-electron chi connectivity index (χ4n) is 0.786. The highest BCUT2D eigenvalue weighted by Gasteiger charge is 2.25. The highest BCUT2D eigenvalue weighted by molar-refractivity contribution is 5.66. The van der Waals surface area contributed by atoms with Crippen molar-refractivity contribution in [2.75, 3.05) is 0 Å². The van der Waals surface area contributed by atoms with Gasteiger partial charge in [-0.05, 0) is 41.5 Å². The molecule has 120 valence electrons. The van der Waals surface area contributed by atoms with Crippen molar-refractivity contribution in [2.45, 2.75) is 78.8 Å². The maximum atomic E-state index is 10.4. The molecular weight excluding hydrogens is 264 g/mol. The lowest BCUT2D eigenvalue weighted by Crippen LogP contribution is -2.36. The molecule has 0 spiro atoms. The second-order valence-electron chi connectivity index (χ2n) is 5.81. The van der Waals surface area contributed by atoms with Crippen LogP contribution in [0.2, 0.25) is 0 Å². The van der Waals surface area contributed by atoms with Crippen molar-refractivity contribution < 1.29 is 29.3 Å². The average molecular weight is 292 g/mol. The third-order valence-electron chi connectivity index (χ3n) is 2.68. The molecule has 0 aromatic heterocycles. The number of aliphatic hydroxyl groups is 2. The topological polar surface area (TPSA) is 93.1 Å². The van der Waals surface area contributed by atoms with Gasteiger partial charge in [-0.1, -0.05) is 0 Å². The average Bonchev–Trinajstić information content (AvgIpc) is 2.13. The van der Waals surface area contributed by atoms with Crippen LogP contribution in [0.4, 0.5) is 0 Å². The Morgan fingerprint density at radius 3 is 1.05 bits per heavy atom. The van der Waals surface area contributed by atoms with E-state index >= 15 is 0 Å². The summed E-state index contributed by atoms with van der Waals surface area (Å²) in [6.07, 6.45) is -0.907. The van der Waals surface area contributed by atoms with E-state index in [2.05, 4.69) is 0 Å². The van der Waals surface area contributed by atoms with Gasteiger partial charge < -0.3 is 19.7 Å². The van der Waals surface area contributed by atoms with E-state index in [1.54, 1.807) is 41.5 Å². The van der Waals surface area contributed by atoms with Gasteiger partial charge in [0.1, 0.15) is 12.2 Å². The summed E-state index contributed by atoms with van der Waals surface area (Å²) >= 11 is 0. The Labute approximate surface area is 121 Å². The van der Waals surface area contributed by atoms with Crippen molar-refractivity contribution in [1.82, 2.24) is 0 Å². The number of carbonyl (C=O) groups excluding carboxylic acids is 2. The summed E-state index contributed by atoms with van der Waals surface area (Å²) in [6, 6.07) is 0. The van der Waals surface area contributed by atoms with E-state index in [1.165, 1.54) is 13.8 Å². The molecule has 2 atom stereocenters. The first kappa shape index (κ1) is 21.2. The minimum Gasteiger partial charge on any atom is -0.460 e. The molecule has 0 radical (unpaired) electrons. The fraction of sp³-hybridized carbons (Fsp3) is 0.857. The van der Waals surface area contributed by atoms with Gasteiger partial charge in [0.25, 0.3) is 0 Å². The molecule has 0 aliphatic carbocycles. The zero-order valence-corrected chi connectivity index (χ0v) is 13.7. The van der Waals surface area contributed by atoms with Crippen molar-refractivity contribution in [2.24, 2.45) is 0 Å². The molecule has 0 amide bonds. The van der Waals surface area contributed by atoms with Gasteiger partial charge in [-0.15, -0.1) is 0 Å². The molecule has 0 aromatic carbocycles. The Morgan fingerprint density at radius 2 is 1.00 bits per heavy atom. The largest absolute Gasteiger partial charge is 0.460 e. The van der Waals surface area contributed by atoms with Crippen molar-refractivity contribution in [3.8, 4) is 0 Å². The predicted octanol–water partition coefficient (Wildman–Crippen LogP) is 1.42. The lowest BCUT2D eigenvalue weighted by atomic mass is 10.0. The lowest BCUT2D eigenvalue weighted by Gasteiger charge is -2.24. The molecule has 2 N–H and O–H groups in total. The van der Waals surface area contributed by atoms with Gasteiger partial charge in [0.2, 0.25) is 0 Å². The maximum Gasteiger partial charge on any atom is 0.302 e. The van der Waals surface area contributed by atoms with Crippen LogP contribution in [-0.4, -0.2) is 45.6 Å². The van der Waals surface area contributed by atoms with Crippen LogP contribution < -0.4 is 0 Å². The second-order valence-corrected chi connectivity index (χ2v) is 5.81. The van der Waals surface area contributed by atoms with Crippen LogP contribution in [0.5, 0.6) is 0 Å². The number of ether oxygens (including phenoxy) is 2. The molecule has 0 aliphatic rings. The van der Waals surface area contributed by atoms with Gasteiger partial charge in [0.15, 0.2) is 0 Å². The second kappa shape index (κ2) is 8.21. The number of hydrogen-bond acceptors (Lipinski definition) is 6. The third kappa shape index (κ3) is 11.9. The Morgan fingerprint density at radius 1 is 0.800 bits per heavy atom. The van der Waals surface area contributed by atoms with E-state index in [9.17, 15) is 19.8 Å². The number of carbonyl (C=O) groups is 2. The molecule has 0 rings (SSSR count). The van der Waals surface area contributed by atoms with Crippen molar-refractivity contribution >= 4 is 11.9 Å². The molecule has 6 heteroatoms. The van der Waals surface area contributed by atoms with Crippen LogP contribution in [0.25, 0.3) is 0 Å². The Hall–Kier alpha value is -1.14. The molecule has 0 saturated heterocycles. The summed E-state index contributed by atoms with van der Waals surface area (Å²) in [7, 11) is 0. The van der Waals surface area contributed by atoms with Gasteiger partial charge >= 0.3 is 11.9 Å². The number of hydrogen-bond donors (Lipinski definition) is 2. The van der Waals surface area contributed by atoms with Gasteiger partial charge in [0.05, 0.1) is 11.2 Å². The van der Waals surface area contributed by atoms with E-state index in [1.807, 2.05) is 0 Å². The summed E-state index contributed by atoms with van der Waals surface area (Å²) in [6.45, 7) is 12.3. The van der Waals surface area contributed by atoms with Crippen molar-refractivity contribution in [1.29, 1.82) is 0 Å². The molecule has 0 aliphatic heterocycles. The summed E-state index contributed by atoms with van der Waals surface area (Å²) in [5, 5.41) is 18.5. The molecule has 0 bridgehead atoms. The van der Waals surface area contributed by atoms with Crippen LogP contribution in [0.3, 0.4) is 0 Å². The summed E-state index contributed by atoms with van der Waals surface area (Å²) in [5.74, 6) is -0.732. The minimum absolute atomic E-state index is 0.366. The molecular formula is C14H28O6. The normalized spacial score (nSPS) is 14.5. The Kier molecular flexibility index (Phi) is 8.69. The molecule has 0 saturated carbocycles. The molecule has 20 heavy (non-hydrogen) atoms. The Balaban J connectivity index is 0.